The number of hydrogen-bond acceptors (Lipinski definition) is 6. The van der Waals surface area contributed by atoms with Crippen LogP contribution in [0.15, 0.2) is 33.7 Å². The van der Waals surface area contributed by atoms with Gasteiger partial charge in [0.2, 0.25) is 0 Å². The van der Waals surface area contributed by atoms with Crippen LogP contribution in [0.3, 0.4) is 0 Å². The standard InChI is InChI=1S/C14H16N4O2S/c1-10-12(2-5-20-10)13-6-14(18(17-13)3-4-19)15-7-11-8-21-9-16-11/h2,5-6,8-9,15,19H,3-4,7H2,1H3. The Labute approximate surface area is 126 Å². The van der Waals surface area contributed by atoms with Crippen LogP contribution in [-0.4, -0.2) is 26.5 Å². The number of hydrogen-bond donors (Lipinski definition) is 2. The van der Waals surface area contributed by atoms with Crippen molar-refractivity contribution in [2.24, 2.45) is 0 Å². The monoisotopic (exact) mass is 304 g/mol. The number of rotatable bonds is 6. The zero-order valence-corrected chi connectivity index (χ0v) is 12.4. The van der Waals surface area contributed by atoms with Crippen LogP contribution in [0.25, 0.3) is 11.3 Å². The van der Waals surface area contributed by atoms with E-state index in [4.69, 9.17) is 4.42 Å². The lowest BCUT2D eigenvalue weighted by Crippen LogP contribution is -2.10. The van der Waals surface area contributed by atoms with Crippen LogP contribution < -0.4 is 5.32 Å². The first-order valence-electron chi connectivity index (χ1n) is 6.62. The zero-order valence-electron chi connectivity index (χ0n) is 11.6. The van der Waals surface area contributed by atoms with Crippen molar-refractivity contribution in [1.82, 2.24) is 14.8 Å². The molecule has 0 bridgehead atoms. The van der Waals surface area contributed by atoms with E-state index in [1.807, 2.05) is 29.9 Å². The maximum Gasteiger partial charge on any atom is 0.125 e. The van der Waals surface area contributed by atoms with Gasteiger partial charge in [0.05, 0.1) is 42.9 Å². The third-order valence-corrected chi connectivity index (χ3v) is 3.80. The number of aromatic nitrogens is 3. The van der Waals surface area contributed by atoms with Gasteiger partial charge in [0.1, 0.15) is 11.6 Å². The third kappa shape index (κ3) is 2.98. The molecule has 110 valence electrons. The highest BCUT2D eigenvalue weighted by atomic mass is 32.1. The summed E-state index contributed by atoms with van der Waals surface area (Å²) in [7, 11) is 0. The average molecular weight is 304 g/mol. The minimum absolute atomic E-state index is 0.0386. The summed E-state index contributed by atoms with van der Waals surface area (Å²) < 4.78 is 7.08. The highest BCUT2D eigenvalue weighted by Crippen LogP contribution is 2.26. The molecule has 6 nitrogen and oxygen atoms in total. The number of nitrogens with zero attached hydrogens (tertiary/aromatic N) is 3. The van der Waals surface area contributed by atoms with E-state index in [1.54, 1.807) is 22.3 Å². The number of aryl methyl sites for hydroxylation is 1. The molecule has 0 saturated carbocycles. The van der Waals surface area contributed by atoms with Crippen molar-refractivity contribution < 1.29 is 9.52 Å². The van der Waals surface area contributed by atoms with E-state index >= 15 is 0 Å². The Kier molecular flexibility index (Phi) is 4.03. The Balaban J connectivity index is 1.84. The van der Waals surface area contributed by atoms with E-state index in [9.17, 15) is 5.11 Å². The van der Waals surface area contributed by atoms with Gasteiger partial charge in [-0.3, -0.25) is 0 Å². The molecule has 0 aliphatic rings. The largest absolute Gasteiger partial charge is 0.469 e. The summed E-state index contributed by atoms with van der Waals surface area (Å²) >= 11 is 1.57. The van der Waals surface area contributed by atoms with E-state index in [0.717, 1.165) is 28.5 Å². The van der Waals surface area contributed by atoms with Gasteiger partial charge in [-0.05, 0) is 13.0 Å². The van der Waals surface area contributed by atoms with Crippen LogP contribution in [0.2, 0.25) is 0 Å². The molecule has 3 aromatic heterocycles. The molecule has 3 rings (SSSR count). The summed E-state index contributed by atoms with van der Waals surface area (Å²) in [6.45, 7) is 3.01. The fourth-order valence-electron chi connectivity index (χ4n) is 2.11. The summed E-state index contributed by atoms with van der Waals surface area (Å²) in [5.41, 5.74) is 4.58. The van der Waals surface area contributed by atoms with E-state index in [1.165, 1.54) is 0 Å². The highest BCUT2D eigenvalue weighted by molar-refractivity contribution is 7.07. The van der Waals surface area contributed by atoms with Crippen molar-refractivity contribution >= 4 is 17.2 Å². The first-order chi connectivity index (χ1) is 10.3. The Morgan fingerprint density at radius 2 is 2.38 bits per heavy atom. The van der Waals surface area contributed by atoms with Crippen LogP contribution >= 0.6 is 11.3 Å². The number of anilines is 1. The maximum atomic E-state index is 9.17. The first kappa shape index (κ1) is 13.8. The lowest BCUT2D eigenvalue weighted by Gasteiger charge is -2.06. The van der Waals surface area contributed by atoms with Crippen LogP contribution in [0.4, 0.5) is 5.82 Å². The molecule has 0 spiro atoms. The van der Waals surface area contributed by atoms with E-state index in [2.05, 4.69) is 15.4 Å². The lowest BCUT2D eigenvalue weighted by atomic mass is 10.2. The van der Waals surface area contributed by atoms with Gasteiger partial charge in [-0.1, -0.05) is 0 Å². The predicted octanol–water partition coefficient (Wildman–Crippen LogP) is 2.51. The van der Waals surface area contributed by atoms with E-state index in [-0.39, 0.29) is 6.61 Å². The van der Waals surface area contributed by atoms with E-state index in [0.29, 0.717) is 13.1 Å². The van der Waals surface area contributed by atoms with Gasteiger partial charge in [-0.15, -0.1) is 11.3 Å². The van der Waals surface area contributed by atoms with Crippen molar-refractivity contribution in [1.29, 1.82) is 0 Å². The minimum atomic E-state index is 0.0386. The summed E-state index contributed by atoms with van der Waals surface area (Å²) in [6, 6.07) is 3.85. The summed E-state index contributed by atoms with van der Waals surface area (Å²) in [6.07, 6.45) is 1.65. The first-order valence-corrected chi connectivity index (χ1v) is 7.56. The lowest BCUT2D eigenvalue weighted by molar-refractivity contribution is 0.270. The molecule has 0 amide bonds. The fraction of sp³-hybridized carbons (Fsp3) is 0.286. The molecule has 2 N–H and O–H groups in total. The van der Waals surface area contributed by atoms with Crippen molar-refractivity contribution in [3.05, 3.63) is 40.7 Å². The van der Waals surface area contributed by atoms with Gasteiger partial charge >= 0.3 is 0 Å². The molecule has 3 heterocycles. The van der Waals surface area contributed by atoms with Crippen LogP contribution in [0, 0.1) is 6.92 Å². The number of thiazole rings is 1. The van der Waals surface area contributed by atoms with Crippen molar-refractivity contribution in [3.8, 4) is 11.3 Å². The molecule has 3 aromatic rings. The topological polar surface area (TPSA) is 76.1 Å². The van der Waals surface area contributed by atoms with Gasteiger partial charge in [-0.2, -0.15) is 5.10 Å². The predicted molar refractivity (Wildman–Crippen MR) is 81.2 cm³/mol. The van der Waals surface area contributed by atoms with Crippen molar-refractivity contribution in [2.45, 2.75) is 20.0 Å². The maximum absolute atomic E-state index is 9.17. The third-order valence-electron chi connectivity index (χ3n) is 3.16. The molecule has 7 heteroatoms. The number of aliphatic hydroxyl groups is 1. The van der Waals surface area contributed by atoms with Crippen LogP contribution in [0.5, 0.6) is 0 Å². The fourth-order valence-corrected chi connectivity index (χ4v) is 2.67. The zero-order chi connectivity index (χ0) is 14.7. The molecule has 0 saturated heterocycles. The molecule has 0 fully saturated rings. The number of nitrogens with one attached hydrogen (secondary N) is 1. The van der Waals surface area contributed by atoms with Crippen LogP contribution in [-0.2, 0) is 13.1 Å². The van der Waals surface area contributed by atoms with Crippen molar-refractivity contribution in [3.63, 3.8) is 0 Å². The quantitative estimate of drug-likeness (QED) is 0.732. The molecule has 0 radical (unpaired) electrons. The normalized spacial score (nSPS) is 11.0. The van der Waals surface area contributed by atoms with E-state index < -0.39 is 0 Å². The summed E-state index contributed by atoms with van der Waals surface area (Å²) in [5.74, 6) is 1.68. The Morgan fingerprint density at radius 1 is 1.48 bits per heavy atom. The Bertz CT molecular complexity index is 702. The van der Waals surface area contributed by atoms with Gasteiger partial charge in [0.25, 0.3) is 0 Å². The smallest absolute Gasteiger partial charge is 0.125 e. The molecule has 21 heavy (non-hydrogen) atoms. The second kappa shape index (κ2) is 6.11. The molecule has 0 atom stereocenters. The van der Waals surface area contributed by atoms with Gasteiger partial charge in [0, 0.05) is 17.0 Å². The molecular weight excluding hydrogens is 288 g/mol. The van der Waals surface area contributed by atoms with Crippen molar-refractivity contribution in [2.75, 3.05) is 11.9 Å². The summed E-state index contributed by atoms with van der Waals surface area (Å²) in [5, 5.41) is 19.0. The Morgan fingerprint density at radius 3 is 3.05 bits per heavy atom. The molecule has 0 aliphatic heterocycles. The minimum Gasteiger partial charge on any atom is -0.469 e. The SMILES string of the molecule is Cc1occc1-c1cc(NCc2cscn2)n(CCO)n1. The number of furan rings is 1. The summed E-state index contributed by atoms with van der Waals surface area (Å²) in [4.78, 5) is 4.24. The second-order valence-corrected chi connectivity index (χ2v) is 5.30. The number of aliphatic hydroxyl groups excluding tert-OH is 1. The molecular formula is C14H16N4O2S. The van der Waals surface area contributed by atoms with Gasteiger partial charge in [-0.25, -0.2) is 9.67 Å². The van der Waals surface area contributed by atoms with Gasteiger partial charge < -0.3 is 14.8 Å². The Hall–Kier alpha value is -2.12. The molecule has 0 aliphatic carbocycles. The second-order valence-electron chi connectivity index (χ2n) is 4.59. The average Bonchev–Trinajstić information content (AvgIpc) is 3.18. The molecule has 0 aromatic carbocycles. The van der Waals surface area contributed by atoms with Gasteiger partial charge in [0.15, 0.2) is 0 Å². The highest BCUT2D eigenvalue weighted by Gasteiger charge is 2.12. The molecule has 0 unspecified atom stereocenters. The van der Waals surface area contributed by atoms with Crippen LogP contribution in [0.1, 0.15) is 11.5 Å².